The van der Waals surface area contributed by atoms with Crippen LogP contribution in [-0.4, -0.2) is 43.0 Å². The van der Waals surface area contributed by atoms with Crippen molar-refractivity contribution < 1.29 is 23.1 Å². The minimum Gasteiger partial charge on any atom is -0.506 e. The first-order valence-corrected chi connectivity index (χ1v) is 9.27. The van der Waals surface area contributed by atoms with Crippen LogP contribution in [0.25, 0.3) is 5.76 Å². The van der Waals surface area contributed by atoms with E-state index in [-0.39, 0.29) is 40.4 Å². The van der Waals surface area contributed by atoms with E-state index in [1.807, 2.05) is 0 Å². The second-order valence-electron chi connectivity index (χ2n) is 5.48. The van der Waals surface area contributed by atoms with Crippen molar-refractivity contribution in [1.82, 2.24) is 4.31 Å². The first-order valence-electron chi connectivity index (χ1n) is 7.46. The average Bonchev–Trinajstić information content (AvgIpc) is 2.53. The predicted octanol–water partition coefficient (Wildman–Crippen LogP) is 2.57. The first kappa shape index (κ1) is 18.6. The molecule has 1 N–H and O–H groups in total. The number of benzene rings is 1. The summed E-state index contributed by atoms with van der Waals surface area (Å²) in [5, 5.41) is 10.7. The smallest absolute Gasteiger partial charge is 0.243 e. The molecule has 1 fully saturated rings. The van der Waals surface area contributed by atoms with E-state index in [4.69, 9.17) is 11.6 Å². The van der Waals surface area contributed by atoms with Crippen molar-refractivity contribution in [3.8, 4) is 0 Å². The molecule has 0 unspecified atom stereocenters. The van der Waals surface area contributed by atoms with Gasteiger partial charge in [-0.05, 0) is 24.6 Å². The van der Waals surface area contributed by atoms with Gasteiger partial charge in [-0.1, -0.05) is 18.5 Å². The minimum atomic E-state index is -3.93. The van der Waals surface area contributed by atoms with Crippen LogP contribution in [0, 0.1) is 0 Å². The number of sulfonamides is 1. The zero-order valence-electron chi connectivity index (χ0n) is 13.4. The van der Waals surface area contributed by atoms with E-state index in [2.05, 4.69) is 0 Å². The van der Waals surface area contributed by atoms with Gasteiger partial charge in [-0.2, -0.15) is 0 Å². The lowest BCUT2D eigenvalue weighted by Crippen LogP contribution is -2.28. The number of allylic oxidation sites excluding steroid dienone is 1. The highest BCUT2D eigenvalue weighted by atomic mass is 35.5. The zero-order chi connectivity index (χ0) is 18.1. The molecule has 0 saturated heterocycles. The van der Waals surface area contributed by atoms with Gasteiger partial charge in [0.1, 0.15) is 11.3 Å². The standard InChI is InChI=1S/C16H18ClNO5S/c1-3-18(2)24(22,23)14-9-10(17)7-8-11(14)16(21)15-12(19)5-4-6-13(15)20/h7-9,21H,3-6H2,1-2H3. The van der Waals surface area contributed by atoms with Gasteiger partial charge in [-0.3, -0.25) is 9.59 Å². The van der Waals surface area contributed by atoms with Gasteiger partial charge in [0.05, 0.1) is 4.90 Å². The summed E-state index contributed by atoms with van der Waals surface area (Å²) < 4.78 is 26.4. The van der Waals surface area contributed by atoms with Crippen LogP contribution in [0.5, 0.6) is 0 Å². The number of aliphatic hydroxyl groups is 1. The fraction of sp³-hybridized carbons (Fsp3) is 0.375. The van der Waals surface area contributed by atoms with E-state index < -0.39 is 27.3 Å². The van der Waals surface area contributed by atoms with Crippen LogP contribution in [0.2, 0.25) is 5.02 Å². The summed E-state index contributed by atoms with van der Waals surface area (Å²) in [6.45, 7) is 1.87. The Bertz CT molecular complexity index is 811. The highest BCUT2D eigenvalue weighted by molar-refractivity contribution is 7.89. The predicted molar refractivity (Wildman–Crippen MR) is 90.4 cm³/mol. The van der Waals surface area contributed by atoms with Crippen molar-refractivity contribution in [3.05, 3.63) is 34.4 Å². The van der Waals surface area contributed by atoms with Crippen LogP contribution in [0.4, 0.5) is 0 Å². The number of rotatable bonds is 4. The SMILES string of the molecule is CCN(C)S(=O)(=O)c1cc(Cl)ccc1C(O)=C1C(=O)CCCC1=O. The van der Waals surface area contributed by atoms with Gasteiger partial charge in [0.25, 0.3) is 0 Å². The van der Waals surface area contributed by atoms with Crippen LogP contribution in [0.3, 0.4) is 0 Å². The lowest BCUT2D eigenvalue weighted by atomic mass is 9.90. The molecule has 2 rings (SSSR count). The molecule has 1 saturated carbocycles. The maximum absolute atomic E-state index is 12.7. The Morgan fingerprint density at radius 2 is 1.83 bits per heavy atom. The molecule has 1 aliphatic carbocycles. The molecule has 0 bridgehead atoms. The molecule has 0 atom stereocenters. The second-order valence-corrected chi connectivity index (χ2v) is 7.93. The van der Waals surface area contributed by atoms with Gasteiger partial charge >= 0.3 is 0 Å². The van der Waals surface area contributed by atoms with E-state index in [0.29, 0.717) is 6.42 Å². The summed E-state index contributed by atoms with van der Waals surface area (Å²) in [6, 6.07) is 3.90. The van der Waals surface area contributed by atoms with Gasteiger partial charge in [-0.25, -0.2) is 12.7 Å². The first-order chi connectivity index (χ1) is 11.2. The topological polar surface area (TPSA) is 91.8 Å². The van der Waals surface area contributed by atoms with Gasteiger partial charge in [0.15, 0.2) is 11.6 Å². The quantitative estimate of drug-likeness (QED) is 0.499. The number of aliphatic hydroxyl groups excluding tert-OH is 1. The van der Waals surface area contributed by atoms with Crippen molar-refractivity contribution in [2.75, 3.05) is 13.6 Å². The van der Waals surface area contributed by atoms with Crippen LogP contribution in [0.1, 0.15) is 31.7 Å². The fourth-order valence-electron chi connectivity index (χ4n) is 2.46. The van der Waals surface area contributed by atoms with Crippen molar-refractivity contribution in [1.29, 1.82) is 0 Å². The monoisotopic (exact) mass is 371 g/mol. The Hall–Kier alpha value is -1.70. The molecule has 1 aromatic carbocycles. The molecule has 130 valence electrons. The molecule has 0 aliphatic heterocycles. The fourth-order valence-corrected chi connectivity index (χ4v) is 4.09. The third kappa shape index (κ3) is 3.38. The summed E-state index contributed by atoms with van der Waals surface area (Å²) in [4.78, 5) is 23.8. The Morgan fingerprint density at radius 3 is 2.38 bits per heavy atom. The van der Waals surface area contributed by atoms with Crippen LogP contribution in [-0.2, 0) is 19.6 Å². The zero-order valence-corrected chi connectivity index (χ0v) is 14.9. The van der Waals surface area contributed by atoms with Crippen molar-refractivity contribution in [2.24, 2.45) is 0 Å². The number of nitrogens with zero attached hydrogens (tertiary/aromatic N) is 1. The molecule has 0 amide bonds. The summed E-state index contributed by atoms with van der Waals surface area (Å²) >= 11 is 5.90. The van der Waals surface area contributed by atoms with Crippen LogP contribution in [0.15, 0.2) is 28.7 Å². The number of hydrogen-bond acceptors (Lipinski definition) is 5. The number of carbonyl (C=O) groups excluding carboxylic acids is 2. The van der Waals surface area contributed by atoms with E-state index in [1.54, 1.807) is 6.92 Å². The van der Waals surface area contributed by atoms with Gasteiger partial charge < -0.3 is 5.11 Å². The van der Waals surface area contributed by atoms with E-state index in [1.165, 1.54) is 25.2 Å². The summed E-state index contributed by atoms with van der Waals surface area (Å²) in [5.41, 5.74) is -0.433. The number of hydrogen-bond donors (Lipinski definition) is 1. The number of halogens is 1. The molecule has 0 spiro atoms. The van der Waals surface area contributed by atoms with E-state index in [0.717, 1.165) is 4.31 Å². The van der Waals surface area contributed by atoms with Gasteiger partial charge in [0.2, 0.25) is 10.0 Å². The van der Waals surface area contributed by atoms with Gasteiger partial charge in [-0.15, -0.1) is 0 Å². The molecular formula is C16H18ClNO5S. The highest BCUT2D eigenvalue weighted by Gasteiger charge is 2.31. The molecule has 24 heavy (non-hydrogen) atoms. The van der Waals surface area contributed by atoms with Crippen molar-refractivity contribution in [2.45, 2.75) is 31.1 Å². The third-order valence-electron chi connectivity index (χ3n) is 3.93. The Balaban J connectivity index is 2.72. The maximum atomic E-state index is 12.7. The molecule has 1 aliphatic rings. The molecule has 0 radical (unpaired) electrons. The molecular weight excluding hydrogens is 354 g/mol. The van der Waals surface area contributed by atoms with Crippen LogP contribution >= 0.6 is 11.6 Å². The van der Waals surface area contributed by atoms with E-state index >= 15 is 0 Å². The molecule has 0 aromatic heterocycles. The summed E-state index contributed by atoms with van der Waals surface area (Å²) in [5.74, 6) is -1.57. The van der Waals surface area contributed by atoms with E-state index in [9.17, 15) is 23.1 Å². The second kappa shape index (κ2) is 7.04. The number of carbonyl (C=O) groups is 2. The van der Waals surface area contributed by atoms with Crippen molar-refractivity contribution >= 4 is 38.9 Å². The summed E-state index contributed by atoms with van der Waals surface area (Å²) in [6.07, 6.45) is 0.726. The number of ketones is 2. The lowest BCUT2D eigenvalue weighted by molar-refractivity contribution is -0.123. The molecule has 8 heteroatoms. The maximum Gasteiger partial charge on any atom is 0.243 e. The highest BCUT2D eigenvalue weighted by Crippen LogP contribution is 2.31. The normalized spacial score (nSPS) is 15.9. The molecule has 1 aromatic rings. The lowest BCUT2D eigenvalue weighted by Gasteiger charge is -2.19. The average molecular weight is 372 g/mol. The Kier molecular flexibility index (Phi) is 5.47. The largest absolute Gasteiger partial charge is 0.506 e. The Labute approximate surface area is 145 Å². The molecule has 0 heterocycles. The third-order valence-corrected chi connectivity index (χ3v) is 6.14. The molecule has 6 nitrogen and oxygen atoms in total. The van der Waals surface area contributed by atoms with Gasteiger partial charge in [0, 0.05) is 37.0 Å². The van der Waals surface area contributed by atoms with Crippen LogP contribution < -0.4 is 0 Å². The Morgan fingerprint density at radius 1 is 1.25 bits per heavy atom. The minimum absolute atomic E-state index is 0.0988. The number of Topliss-reactive ketones (excluding diaryl/α,β-unsaturated/α-hetero) is 2. The van der Waals surface area contributed by atoms with Crippen molar-refractivity contribution in [3.63, 3.8) is 0 Å². The summed E-state index contributed by atoms with van der Waals surface area (Å²) in [7, 11) is -2.54.